The van der Waals surface area contributed by atoms with Crippen LogP contribution in [0.3, 0.4) is 0 Å². The lowest BCUT2D eigenvalue weighted by Gasteiger charge is -2.44. The molecular formula is C13H28N2O3. The normalized spacial score (nSPS) is 21.5. The number of hydrogen-bond donors (Lipinski definition) is 1. The Balaban J connectivity index is 2.61. The molecule has 0 aliphatic carbocycles. The Labute approximate surface area is 111 Å². The molecule has 108 valence electrons. The summed E-state index contributed by atoms with van der Waals surface area (Å²) in [5, 5.41) is 0. The Kier molecular flexibility index (Phi) is 6.52. The first-order chi connectivity index (χ1) is 8.58. The SMILES string of the molecule is COC(OC)C(C)(CN)N(C)CC1CCOCC1. The molecule has 18 heavy (non-hydrogen) atoms. The van der Waals surface area contributed by atoms with Crippen LogP contribution >= 0.6 is 0 Å². The maximum atomic E-state index is 5.94. The van der Waals surface area contributed by atoms with Crippen molar-refractivity contribution in [3.05, 3.63) is 0 Å². The standard InChI is InChI=1S/C13H28N2O3/c1-13(10-14,12(16-3)17-4)15(2)9-11-5-7-18-8-6-11/h11-12H,5-10,14H2,1-4H3. The van der Waals surface area contributed by atoms with Gasteiger partial charge in [-0.1, -0.05) is 0 Å². The molecule has 2 N–H and O–H groups in total. The molecule has 0 aromatic heterocycles. The lowest BCUT2D eigenvalue weighted by molar-refractivity contribution is -0.179. The van der Waals surface area contributed by atoms with Gasteiger partial charge in [-0.3, -0.25) is 4.90 Å². The minimum Gasteiger partial charge on any atom is -0.381 e. The zero-order valence-corrected chi connectivity index (χ0v) is 12.1. The molecule has 0 amide bonds. The lowest BCUT2D eigenvalue weighted by atomic mass is 9.94. The maximum Gasteiger partial charge on any atom is 0.176 e. The van der Waals surface area contributed by atoms with Crippen LogP contribution in [0, 0.1) is 5.92 Å². The molecule has 0 radical (unpaired) electrons. The Hall–Kier alpha value is -0.200. The molecule has 5 nitrogen and oxygen atoms in total. The topological polar surface area (TPSA) is 57.0 Å². The minimum absolute atomic E-state index is 0.304. The third kappa shape index (κ3) is 3.65. The fraction of sp³-hybridized carbons (Fsp3) is 1.00. The van der Waals surface area contributed by atoms with Gasteiger partial charge < -0.3 is 19.9 Å². The molecule has 1 aliphatic heterocycles. The Bertz CT molecular complexity index is 230. The molecule has 1 fully saturated rings. The molecule has 1 rings (SSSR count). The minimum atomic E-state index is -0.313. The van der Waals surface area contributed by atoms with Gasteiger partial charge in [0.25, 0.3) is 0 Å². The second-order valence-corrected chi connectivity index (χ2v) is 5.30. The van der Waals surface area contributed by atoms with E-state index in [0.717, 1.165) is 32.6 Å². The van der Waals surface area contributed by atoms with E-state index in [4.69, 9.17) is 19.9 Å². The van der Waals surface area contributed by atoms with Crippen LogP contribution in [0.2, 0.25) is 0 Å². The Morgan fingerprint density at radius 2 is 1.89 bits per heavy atom. The van der Waals surface area contributed by atoms with E-state index in [1.807, 2.05) is 0 Å². The van der Waals surface area contributed by atoms with Gasteiger partial charge in [0, 0.05) is 40.5 Å². The summed E-state index contributed by atoms with van der Waals surface area (Å²) in [6, 6.07) is 0. The summed E-state index contributed by atoms with van der Waals surface area (Å²) in [6.07, 6.45) is 1.93. The van der Waals surface area contributed by atoms with Crippen LogP contribution in [-0.2, 0) is 14.2 Å². The highest BCUT2D eigenvalue weighted by molar-refractivity contribution is 4.90. The fourth-order valence-electron chi connectivity index (χ4n) is 2.56. The molecule has 1 heterocycles. The molecule has 1 saturated heterocycles. The highest BCUT2D eigenvalue weighted by Gasteiger charge is 2.38. The van der Waals surface area contributed by atoms with Crippen molar-refractivity contribution in [1.82, 2.24) is 4.90 Å². The first-order valence-corrected chi connectivity index (χ1v) is 6.63. The third-order valence-electron chi connectivity index (χ3n) is 4.09. The first-order valence-electron chi connectivity index (χ1n) is 6.63. The number of nitrogens with zero attached hydrogens (tertiary/aromatic N) is 1. The van der Waals surface area contributed by atoms with Gasteiger partial charge >= 0.3 is 0 Å². The van der Waals surface area contributed by atoms with Crippen molar-refractivity contribution < 1.29 is 14.2 Å². The molecule has 1 aliphatic rings. The van der Waals surface area contributed by atoms with E-state index in [2.05, 4.69) is 18.9 Å². The third-order valence-corrected chi connectivity index (χ3v) is 4.09. The largest absolute Gasteiger partial charge is 0.381 e. The van der Waals surface area contributed by atoms with Crippen molar-refractivity contribution >= 4 is 0 Å². The van der Waals surface area contributed by atoms with Gasteiger partial charge in [-0.25, -0.2) is 0 Å². The van der Waals surface area contributed by atoms with Crippen LogP contribution in [0.5, 0.6) is 0 Å². The second-order valence-electron chi connectivity index (χ2n) is 5.30. The smallest absolute Gasteiger partial charge is 0.176 e. The van der Waals surface area contributed by atoms with E-state index in [1.54, 1.807) is 14.2 Å². The summed E-state index contributed by atoms with van der Waals surface area (Å²) in [5.74, 6) is 0.670. The average molecular weight is 260 g/mol. The molecular weight excluding hydrogens is 232 g/mol. The van der Waals surface area contributed by atoms with Crippen molar-refractivity contribution in [2.45, 2.75) is 31.6 Å². The van der Waals surface area contributed by atoms with E-state index >= 15 is 0 Å². The molecule has 1 atom stereocenters. The Morgan fingerprint density at radius 1 is 1.33 bits per heavy atom. The van der Waals surface area contributed by atoms with Gasteiger partial charge in [0.15, 0.2) is 6.29 Å². The van der Waals surface area contributed by atoms with Gasteiger partial charge in [0.2, 0.25) is 0 Å². The number of nitrogens with two attached hydrogens (primary N) is 1. The van der Waals surface area contributed by atoms with Crippen LogP contribution in [0.15, 0.2) is 0 Å². The zero-order chi connectivity index (χ0) is 13.6. The van der Waals surface area contributed by atoms with E-state index in [-0.39, 0.29) is 11.8 Å². The van der Waals surface area contributed by atoms with Crippen molar-refractivity contribution in [2.24, 2.45) is 11.7 Å². The average Bonchev–Trinajstić information content (AvgIpc) is 2.40. The second kappa shape index (κ2) is 7.40. The maximum absolute atomic E-state index is 5.94. The summed E-state index contributed by atoms with van der Waals surface area (Å²) in [7, 11) is 5.40. The zero-order valence-electron chi connectivity index (χ0n) is 12.1. The fourth-order valence-corrected chi connectivity index (χ4v) is 2.56. The molecule has 0 saturated carbocycles. The predicted molar refractivity (Wildman–Crippen MR) is 71.4 cm³/mol. The van der Waals surface area contributed by atoms with E-state index in [1.165, 1.54) is 0 Å². The number of methoxy groups -OCH3 is 2. The van der Waals surface area contributed by atoms with E-state index in [9.17, 15) is 0 Å². The molecule has 0 aromatic rings. The molecule has 0 aromatic carbocycles. The van der Waals surface area contributed by atoms with E-state index < -0.39 is 0 Å². The molecule has 1 unspecified atom stereocenters. The van der Waals surface area contributed by atoms with Gasteiger partial charge in [0.05, 0.1) is 5.54 Å². The number of rotatable bonds is 7. The summed E-state index contributed by atoms with van der Waals surface area (Å²) in [6.45, 7) is 5.33. The summed E-state index contributed by atoms with van der Waals surface area (Å²) in [4.78, 5) is 2.26. The van der Waals surface area contributed by atoms with Crippen LogP contribution in [0.1, 0.15) is 19.8 Å². The number of ether oxygens (including phenoxy) is 3. The summed E-state index contributed by atoms with van der Waals surface area (Å²) >= 11 is 0. The quantitative estimate of drug-likeness (QED) is 0.682. The highest BCUT2D eigenvalue weighted by Crippen LogP contribution is 2.24. The van der Waals surface area contributed by atoms with Crippen LogP contribution in [0.4, 0.5) is 0 Å². The Morgan fingerprint density at radius 3 is 2.33 bits per heavy atom. The van der Waals surface area contributed by atoms with Crippen LogP contribution < -0.4 is 5.73 Å². The monoisotopic (exact) mass is 260 g/mol. The van der Waals surface area contributed by atoms with Crippen molar-refractivity contribution in [3.63, 3.8) is 0 Å². The number of likely N-dealkylation sites (N-methyl/N-ethyl adjacent to an activating group) is 1. The van der Waals surface area contributed by atoms with Gasteiger partial charge in [0.1, 0.15) is 0 Å². The van der Waals surface area contributed by atoms with Crippen LogP contribution in [-0.4, -0.2) is 64.3 Å². The lowest BCUT2D eigenvalue weighted by Crippen LogP contribution is -2.60. The van der Waals surface area contributed by atoms with Gasteiger partial charge in [-0.2, -0.15) is 0 Å². The predicted octanol–water partition coefficient (Wildman–Crippen LogP) is 0.681. The summed E-state index contributed by atoms with van der Waals surface area (Å²) < 4.78 is 16.2. The van der Waals surface area contributed by atoms with Crippen molar-refractivity contribution in [1.29, 1.82) is 0 Å². The molecule has 0 bridgehead atoms. The first kappa shape index (κ1) is 15.9. The molecule has 5 heteroatoms. The number of hydrogen-bond acceptors (Lipinski definition) is 5. The summed E-state index contributed by atoms with van der Waals surface area (Å²) in [5.41, 5.74) is 5.63. The van der Waals surface area contributed by atoms with Gasteiger partial charge in [-0.05, 0) is 32.7 Å². The molecule has 0 spiro atoms. The van der Waals surface area contributed by atoms with Crippen molar-refractivity contribution in [2.75, 3.05) is 47.6 Å². The highest BCUT2D eigenvalue weighted by atomic mass is 16.7. The van der Waals surface area contributed by atoms with Crippen molar-refractivity contribution in [3.8, 4) is 0 Å². The van der Waals surface area contributed by atoms with Crippen LogP contribution in [0.25, 0.3) is 0 Å². The van der Waals surface area contributed by atoms with Gasteiger partial charge in [-0.15, -0.1) is 0 Å². The van der Waals surface area contributed by atoms with E-state index in [0.29, 0.717) is 12.5 Å².